The molecule has 180 valence electrons. The minimum Gasteiger partial charge on any atom is -0.427 e. The number of benzene rings is 2. The molecule has 1 aliphatic heterocycles. The van der Waals surface area contributed by atoms with E-state index in [9.17, 15) is 24.2 Å². The van der Waals surface area contributed by atoms with Crippen molar-refractivity contribution in [3.05, 3.63) is 62.3 Å². The van der Waals surface area contributed by atoms with Crippen LogP contribution < -0.4 is 14.2 Å². The zero-order valence-electron chi connectivity index (χ0n) is 18.1. The van der Waals surface area contributed by atoms with Crippen molar-refractivity contribution in [1.82, 2.24) is 0 Å². The summed E-state index contributed by atoms with van der Waals surface area (Å²) >= 11 is 1.94. The van der Waals surface area contributed by atoms with Crippen LogP contribution in [-0.4, -0.2) is 18.4 Å². The molecule has 12 heteroatoms. The molecule has 1 fully saturated rings. The fourth-order valence-corrected chi connectivity index (χ4v) is 6.21. The molecule has 10 nitrogen and oxygen atoms in total. The lowest BCUT2D eigenvalue weighted by molar-refractivity contribution is -0.145. The Labute approximate surface area is 207 Å². The Morgan fingerprint density at radius 2 is 1.34 bits per heavy atom. The van der Waals surface area contributed by atoms with Crippen LogP contribution in [0.1, 0.15) is 25.7 Å². The number of rotatable bonds is 8. The van der Waals surface area contributed by atoms with Gasteiger partial charge in [-0.2, -0.15) is 0 Å². The van der Waals surface area contributed by atoms with E-state index in [1.807, 2.05) is 6.07 Å². The van der Waals surface area contributed by atoms with E-state index < -0.39 is 17.7 Å². The van der Waals surface area contributed by atoms with Crippen molar-refractivity contribution in [2.24, 2.45) is 22.2 Å². The second kappa shape index (κ2) is 11.3. The Balaban J connectivity index is 1.42. The fourth-order valence-electron chi connectivity index (χ4n) is 3.78. The molecule has 0 amide bonds. The van der Waals surface area contributed by atoms with E-state index >= 15 is 0 Å². The maximum atomic E-state index is 12.9. The molecule has 0 unspecified atom stereocenters. The Hall–Kier alpha value is -3.51. The number of esters is 2. The number of fused-ring (bicyclic) bond motifs is 1. The van der Waals surface area contributed by atoms with Gasteiger partial charge in [-0.15, -0.1) is 9.81 Å². The van der Waals surface area contributed by atoms with Gasteiger partial charge in [-0.3, -0.25) is 14.4 Å². The normalized spacial score (nSPS) is 18.7. The van der Waals surface area contributed by atoms with E-state index in [0.29, 0.717) is 41.2 Å². The summed E-state index contributed by atoms with van der Waals surface area (Å²) in [4.78, 5) is 58.8. The molecular weight excluding hydrogens is 496 g/mol. The fraction of sp³-hybridized carbons (Fsp3) is 0.261. The summed E-state index contributed by atoms with van der Waals surface area (Å²) in [5, 5.41) is 5.22. The molecule has 0 spiro atoms. The molecule has 1 saturated carbocycles. The zero-order chi connectivity index (χ0) is 24.8. The Kier molecular flexibility index (Phi) is 7.93. The summed E-state index contributed by atoms with van der Waals surface area (Å²) in [7, 11) is 0. The van der Waals surface area contributed by atoms with Crippen molar-refractivity contribution in [3.8, 4) is 17.2 Å². The van der Waals surface area contributed by atoms with Crippen LogP contribution in [0.5, 0.6) is 17.2 Å². The van der Waals surface area contributed by atoms with Gasteiger partial charge in [0.25, 0.3) is 12.3 Å². The zero-order valence-corrected chi connectivity index (χ0v) is 19.7. The van der Waals surface area contributed by atoms with E-state index in [4.69, 9.17) is 14.2 Å². The predicted molar refractivity (Wildman–Crippen MR) is 127 cm³/mol. The third-order valence-corrected chi connectivity index (χ3v) is 8.11. The maximum Gasteiger partial charge on any atom is 0.314 e. The first-order valence-electron chi connectivity index (χ1n) is 10.6. The van der Waals surface area contributed by atoms with E-state index in [0.717, 1.165) is 23.5 Å². The van der Waals surface area contributed by atoms with Gasteiger partial charge in [0.2, 0.25) is 0 Å². The standard InChI is InChI=1S/C23H18N2O8S2/c26-12-31-16-10-11-17(19-18(16)34-23(35-19)20(24-29)25-30)33-22(28)14-8-6-13(7-9-14)21(27)32-15-4-2-1-3-5-15/h1-5,10-14H,6-9H2. The van der Waals surface area contributed by atoms with Crippen molar-refractivity contribution in [3.63, 3.8) is 0 Å². The first-order chi connectivity index (χ1) is 17.0. The van der Waals surface area contributed by atoms with Crippen LogP contribution in [0.15, 0.2) is 72.7 Å². The van der Waals surface area contributed by atoms with Crippen molar-refractivity contribution < 1.29 is 28.6 Å². The summed E-state index contributed by atoms with van der Waals surface area (Å²) in [5.74, 6) is -1.18. The highest BCUT2D eigenvalue weighted by molar-refractivity contribution is 8.24. The first-order valence-corrected chi connectivity index (χ1v) is 12.2. The molecule has 4 rings (SSSR count). The van der Waals surface area contributed by atoms with Gasteiger partial charge in [0.15, 0.2) is 0 Å². The third kappa shape index (κ3) is 5.60. The Bertz CT molecular complexity index is 1180. The van der Waals surface area contributed by atoms with Gasteiger partial charge in [0.05, 0.1) is 21.6 Å². The van der Waals surface area contributed by atoms with Crippen LogP contribution in [0, 0.1) is 21.6 Å². The van der Waals surface area contributed by atoms with Crippen molar-refractivity contribution in [1.29, 1.82) is 0 Å². The highest BCUT2D eigenvalue weighted by Crippen LogP contribution is 2.59. The number of carbonyl (C=O) groups is 3. The van der Waals surface area contributed by atoms with Crippen molar-refractivity contribution in [2.75, 3.05) is 0 Å². The van der Waals surface area contributed by atoms with Crippen LogP contribution in [0.4, 0.5) is 0 Å². The monoisotopic (exact) mass is 514 g/mol. The van der Waals surface area contributed by atoms with Crippen LogP contribution in [0.2, 0.25) is 0 Å². The largest absolute Gasteiger partial charge is 0.427 e. The van der Waals surface area contributed by atoms with E-state index in [2.05, 4.69) is 10.4 Å². The summed E-state index contributed by atoms with van der Waals surface area (Å²) in [6.07, 6.45) is 1.91. The molecule has 0 aromatic heterocycles. The van der Waals surface area contributed by atoms with Crippen molar-refractivity contribution in [2.45, 2.75) is 35.5 Å². The van der Waals surface area contributed by atoms with Gasteiger partial charge in [-0.05, 0) is 60.3 Å². The summed E-state index contributed by atoms with van der Waals surface area (Å²) < 4.78 is 16.2. The summed E-state index contributed by atoms with van der Waals surface area (Å²) in [5.41, 5.74) is 0. The lowest BCUT2D eigenvalue weighted by Crippen LogP contribution is -2.30. The number of para-hydroxylation sites is 1. The highest BCUT2D eigenvalue weighted by atomic mass is 32.2. The number of nitrogens with zero attached hydrogens (tertiary/aromatic N) is 2. The SMILES string of the molecule is O=COc1ccc(OC(=O)C2CCC(C(=O)Oc3ccccc3)CC2)c2c1SC(=C(N=O)N=O)S2. The Morgan fingerprint density at radius 3 is 1.91 bits per heavy atom. The highest BCUT2D eigenvalue weighted by Gasteiger charge is 2.34. The summed E-state index contributed by atoms with van der Waals surface area (Å²) in [6, 6.07) is 11.7. The quantitative estimate of drug-likeness (QED) is 0.195. The molecule has 0 radical (unpaired) electrons. The minimum atomic E-state index is -0.550. The van der Waals surface area contributed by atoms with Crippen molar-refractivity contribution >= 4 is 41.9 Å². The molecule has 1 heterocycles. The van der Waals surface area contributed by atoms with Crippen LogP contribution in [0.3, 0.4) is 0 Å². The molecule has 2 aromatic carbocycles. The third-order valence-electron chi connectivity index (χ3n) is 5.53. The average Bonchev–Trinajstić information content (AvgIpc) is 3.33. The number of hydrogen-bond acceptors (Lipinski definition) is 12. The van der Waals surface area contributed by atoms with Gasteiger partial charge in [0, 0.05) is 0 Å². The molecule has 1 aliphatic carbocycles. The van der Waals surface area contributed by atoms with Gasteiger partial charge >= 0.3 is 11.9 Å². The molecule has 0 atom stereocenters. The van der Waals surface area contributed by atoms with Gasteiger partial charge in [-0.1, -0.05) is 41.7 Å². The molecular formula is C23H18N2O8S2. The number of carbonyl (C=O) groups excluding carboxylic acids is 3. The number of ether oxygens (including phenoxy) is 3. The second-order valence-corrected chi connectivity index (χ2v) is 9.94. The summed E-state index contributed by atoms with van der Waals surface area (Å²) in [6.45, 7) is 0.242. The smallest absolute Gasteiger partial charge is 0.314 e. The molecule has 2 aliphatic rings. The van der Waals surface area contributed by atoms with E-state index in [1.54, 1.807) is 24.3 Å². The first kappa shape index (κ1) is 24.6. The van der Waals surface area contributed by atoms with Crippen LogP contribution >= 0.6 is 23.5 Å². The molecule has 2 aromatic rings. The van der Waals surface area contributed by atoms with Gasteiger partial charge in [-0.25, -0.2) is 0 Å². The minimum absolute atomic E-state index is 0.177. The molecule has 35 heavy (non-hydrogen) atoms. The number of hydrogen-bond donors (Lipinski definition) is 0. The van der Waals surface area contributed by atoms with E-state index in [1.165, 1.54) is 12.1 Å². The van der Waals surface area contributed by atoms with E-state index in [-0.39, 0.29) is 34.1 Å². The topological polar surface area (TPSA) is 138 Å². The molecule has 0 bridgehead atoms. The number of nitroso groups, excluding NO2 is 2. The number of thioether (sulfide) groups is 2. The lowest BCUT2D eigenvalue weighted by atomic mass is 9.82. The van der Waals surface area contributed by atoms with Crippen LogP contribution in [-0.2, 0) is 14.4 Å². The predicted octanol–water partition coefficient (Wildman–Crippen LogP) is 5.40. The van der Waals surface area contributed by atoms with Gasteiger partial charge in [0.1, 0.15) is 21.5 Å². The average molecular weight is 515 g/mol. The Morgan fingerprint density at radius 1 is 0.800 bits per heavy atom. The van der Waals surface area contributed by atoms with Gasteiger partial charge < -0.3 is 14.2 Å². The lowest BCUT2D eigenvalue weighted by Gasteiger charge is -2.26. The molecule has 0 saturated heterocycles. The van der Waals surface area contributed by atoms with Crippen LogP contribution in [0.25, 0.3) is 0 Å². The maximum absolute atomic E-state index is 12.9. The molecule has 0 N–H and O–H groups in total. The second-order valence-electron chi connectivity index (χ2n) is 7.64.